The molecular formula is C30H45ClFN3O4. The van der Waals surface area contributed by atoms with E-state index in [0.29, 0.717) is 51.3 Å². The van der Waals surface area contributed by atoms with Gasteiger partial charge in [-0.2, -0.15) is 0 Å². The summed E-state index contributed by atoms with van der Waals surface area (Å²) in [6, 6.07) is 3.95. The van der Waals surface area contributed by atoms with Crippen molar-refractivity contribution >= 4 is 17.6 Å². The lowest BCUT2D eigenvalue weighted by atomic mass is 9.70. The highest BCUT2D eigenvalue weighted by Crippen LogP contribution is 2.66. The fourth-order valence-electron chi connectivity index (χ4n) is 8.79. The monoisotopic (exact) mass is 565 g/mol. The van der Waals surface area contributed by atoms with Crippen LogP contribution in [0.1, 0.15) is 69.8 Å². The number of likely N-dealkylation sites (tertiary alicyclic amines) is 1. The third-order valence-electron chi connectivity index (χ3n) is 10.5. The van der Waals surface area contributed by atoms with Crippen LogP contribution in [0.2, 0.25) is 5.02 Å². The number of hydrogen-bond donors (Lipinski definition) is 4. The van der Waals surface area contributed by atoms with Crippen molar-refractivity contribution in [2.45, 2.75) is 82.0 Å². The molecule has 6 atom stereocenters. The first-order valence-electron chi connectivity index (χ1n) is 14.8. The number of carbonyl (C=O) groups is 1. The Balaban J connectivity index is 1.22. The quantitative estimate of drug-likeness (QED) is 0.297. The number of halogens is 2. The van der Waals surface area contributed by atoms with Crippen molar-refractivity contribution in [3.63, 3.8) is 0 Å². The maximum absolute atomic E-state index is 15.2. The molecule has 1 aromatic carbocycles. The number of hydrogen-bond acceptors (Lipinski definition) is 5. The summed E-state index contributed by atoms with van der Waals surface area (Å²) >= 11 is 6.10. The molecule has 2 amide bonds. The van der Waals surface area contributed by atoms with Gasteiger partial charge in [-0.15, -0.1) is 0 Å². The summed E-state index contributed by atoms with van der Waals surface area (Å²) in [7, 11) is 1.63. The molecule has 4 bridgehead atoms. The van der Waals surface area contributed by atoms with E-state index in [1.54, 1.807) is 24.1 Å². The molecule has 0 aromatic heterocycles. The maximum atomic E-state index is 15.2. The van der Waals surface area contributed by atoms with Gasteiger partial charge < -0.3 is 30.9 Å². The molecule has 1 aliphatic heterocycles. The van der Waals surface area contributed by atoms with Crippen LogP contribution in [0, 0.1) is 34.9 Å². The smallest absolute Gasteiger partial charge is 0.317 e. The highest BCUT2D eigenvalue weighted by molar-refractivity contribution is 6.30. The molecule has 5 N–H and O–H groups in total. The summed E-state index contributed by atoms with van der Waals surface area (Å²) in [5.41, 5.74) is 5.13. The topological polar surface area (TPSA) is 108 Å². The zero-order valence-corrected chi connectivity index (χ0v) is 23.8. The minimum absolute atomic E-state index is 0.0238. The van der Waals surface area contributed by atoms with E-state index in [2.05, 4.69) is 5.32 Å². The fraction of sp³-hybridized carbons (Fsp3) is 0.767. The number of methoxy groups -OCH3 is 1. The second kappa shape index (κ2) is 11.8. The van der Waals surface area contributed by atoms with Crippen LogP contribution in [-0.2, 0) is 10.3 Å². The summed E-state index contributed by atoms with van der Waals surface area (Å²) in [6.07, 6.45) is 8.33. The van der Waals surface area contributed by atoms with Gasteiger partial charge in [0.2, 0.25) is 0 Å². The van der Waals surface area contributed by atoms with Gasteiger partial charge in [0.1, 0.15) is 5.82 Å². The SMILES string of the molecule is COCCCC[C@@](O)(c1cccc(Cl)c1F)[C@@H]1CCCN(C(=O)NC[C@@H](N)[C@@H](O)C23CC4CC(CC2C4)C3)C1. The zero-order valence-electron chi connectivity index (χ0n) is 23.1. The van der Waals surface area contributed by atoms with Gasteiger partial charge in [0.15, 0.2) is 0 Å². The Morgan fingerprint density at radius 3 is 2.77 bits per heavy atom. The Labute approximate surface area is 236 Å². The molecule has 1 heterocycles. The molecule has 1 aromatic rings. The first-order chi connectivity index (χ1) is 18.7. The van der Waals surface area contributed by atoms with Gasteiger partial charge in [-0.25, -0.2) is 9.18 Å². The molecule has 39 heavy (non-hydrogen) atoms. The minimum atomic E-state index is -1.46. The Bertz CT molecular complexity index is 1020. The lowest BCUT2D eigenvalue weighted by molar-refractivity contribution is -0.0588. The van der Waals surface area contributed by atoms with Crippen molar-refractivity contribution in [1.82, 2.24) is 10.2 Å². The number of nitrogens with zero attached hydrogens (tertiary/aromatic N) is 1. The Morgan fingerprint density at radius 2 is 2.05 bits per heavy atom. The molecule has 1 saturated heterocycles. The highest BCUT2D eigenvalue weighted by atomic mass is 35.5. The summed E-state index contributed by atoms with van der Waals surface area (Å²) in [5, 5.41) is 26.2. The largest absolute Gasteiger partial charge is 0.391 e. The van der Waals surface area contributed by atoms with E-state index in [1.165, 1.54) is 25.3 Å². The van der Waals surface area contributed by atoms with Gasteiger partial charge in [-0.3, -0.25) is 0 Å². The molecular weight excluding hydrogens is 521 g/mol. The van der Waals surface area contributed by atoms with Crippen molar-refractivity contribution in [3.8, 4) is 0 Å². The van der Waals surface area contributed by atoms with E-state index in [0.717, 1.165) is 31.1 Å². The standard InChI is InChI=1S/C30H45ClFN3O4/c1-39-11-3-2-9-30(38,23-7-4-8-24(31)26(23)32)21-6-5-10-35(18-21)28(37)34-17-25(33)27(36)29-15-19-12-20(16-29)14-22(29)13-19/h4,7-8,19-22,25,27,36,38H,2-3,5-6,9-18,33H2,1H3,(H,34,37)/t19?,20?,21-,22?,25-,27-,29?,30+/m1/s1. The number of piperidine rings is 1. The average Bonchev–Trinajstić information content (AvgIpc) is 3.34. The number of nitrogens with two attached hydrogens (primary N) is 1. The summed E-state index contributed by atoms with van der Waals surface area (Å²) in [4.78, 5) is 14.9. The molecule has 0 radical (unpaired) electrons. The van der Waals surface area contributed by atoms with Gasteiger partial charge in [-0.05, 0) is 88.0 Å². The molecule has 4 saturated carbocycles. The van der Waals surface area contributed by atoms with Crippen LogP contribution in [0.4, 0.5) is 9.18 Å². The van der Waals surface area contributed by atoms with Crippen LogP contribution in [-0.4, -0.2) is 66.6 Å². The summed E-state index contributed by atoms with van der Waals surface area (Å²) in [5.74, 6) is 1.05. The van der Waals surface area contributed by atoms with Crippen LogP contribution in [0.15, 0.2) is 18.2 Å². The van der Waals surface area contributed by atoms with E-state index in [4.69, 9.17) is 22.1 Å². The van der Waals surface area contributed by atoms with E-state index >= 15 is 4.39 Å². The fourth-order valence-corrected chi connectivity index (χ4v) is 8.96. The molecule has 7 nitrogen and oxygen atoms in total. The average molecular weight is 566 g/mol. The third kappa shape index (κ3) is 5.56. The predicted molar refractivity (Wildman–Crippen MR) is 149 cm³/mol. The van der Waals surface area contributed by atoms with Crippen molar-refractivity contribution < 1.29 is 24.1 Å². The molecule has 6 rings (SSSR count). The van der Waals surface area contributed by atoms with Crippen molar-refractivity contribution in [2.24, 2.45) is 34.8 Å². The lowest BCUT2D eigenvalue weighted by Crippen LogP contribution is -2.56. The molecule has 9 heteroatoms. The number of benzene rings is 1. The first-order valence-corrected chi connectivity index (χ1v) is 15.2. The normalized spacial score (nSPS) is 32.7. The van der Waals surface area contributed by atoms with Crippen LogP contribution in [0.25, 0.3) is 0 Å². The van der Waals surface area contributed by atoms with Crippen molar-refractivity contribution in [3.05, 3.63) is 34.6 Å². The second-order valence-corrected chi connectivity index (χ2v) is 13.2. The first kappa shape index (κ1) is 29.1. The van der Waals surface area contributed by atoms with E-state index < -0.39 is 23.6 Å². The number of aliphatic hydroxyl groups is 2. The van der Waals surface area contributed by atoms with Crippen molar-refractivity contribution in [1.29, 1.82) is 0 Å². The third-order valence-corrected chi connectivity index (χ3v) is 10.8. The summed E-state index contributed by atoms with van der Waals surface area (Å²) < 4.78 is 20.3. The van der Waals surface area contributed by atoms with Crippen LogP contribution in [0.5, 0.6) is 0 Å². The minimum Gasteiger partial charge on any atom is -0.391 e. The van der Waals surface area contributed by atoms with Crippen LogP contribution < -0.4 is 11.1 Å². The molecule has 4 aliphatic carbocycles. The van der Waals surface area contributed by atoms with Gasteiger partial charge in [0, 0.05) is 56.3 Å². The number of carbonyl (C=O) groups excluding carboxylic acids is 1. The number of ether oxygens (including phenoxy) is 1. The Hall–Kier alpha value is -1.45. The van der Waals surface area contributed by atoms with Gasteiger partial charge in [0.25, 0.3) is 0 Å². The van der Waals surface area contributed by atoms with E-state index in [9.17, 15) is 15.0 Å². The van der Waals surface area contributed by atoms with E-state index in [1.807, 2.05) is 0 Å². The number of urea groups is 1. The number of aliphatic hydroxyl groups excluding tert-OH is 1. The molecule has 218 valence electrons. The zero-order chi connectivity index (χ0) is 27.8. The molecule has 5 aliphatic rings. The molecule has 0 spiro atoms. The van der Waals surface area contributed by atoms with Gasteiger partial charge >= 0.3 is 6.03 Å². The highest BCUT2D eigenvalue weighted by Gasteiger charge is 2.61. The molecule has 2 unspecified atom stereocenters. The van der Waals surface area contributed by atoms with Gasteiger partial charge in [0.05, 0.1) is 16.7 Å². The number of unbranched alkanes of at least 4 members (excludes halogenated alkanes) is 1. The van der Waals surface area contributed by atoms with Crippen molar-refractivity contribution in [2.75, 3.05) is 33.4 Å². The Kier molecular flexibility index (Phi) is 8.80. The van der Waals surface area contributed by atoms with Gasteiger partial charge in [-0.1, -0.05) is 23.7 Å². The predicted octanol–water partition coefficient (Wildman–Crippen LogP) is 4.42. The lowest BCUT2D eigenvalue weighted by Gasteiger charge is -2.43. The van der Waals surface area contributed by atoms with E-state index in [-0.39, 0.29) is 34.5 Å². The maximum Gasteiger partial charge on any atom is 0.317 e. The number of nitrogens with one attached hydrogen (secondary N) is 1. The second-order valence-electron chi connectivity index (χ2n) is 12.8. The van der Waals surface area contributed by atoms with Crippen LogP contribution in [0.3, 0.4) is 0 Å². The molecule has 5 fully saturated rings. The number of rotatable bonds is 11. The van der Waals surface area contributed by atoms with Crippen LogP contribution >= 0.6 is 11.6 Å². The number of amides is 2. The summed E-state index contributed by atoms with van der Waals surface area (Å²) in [6.45, 7) is 1.61. The Morgan fingerprint density at radius 1 is 1.31 bits per heavy atom.